The van der Waals surface area contributed by atoms with Crippen LogP contribution in [0, 0.1) is 0 Å². The van der Waals surface area contributed by atoms with E-state index in [1.165, 1.54) is 16.9 Å². The highest BCUT2D eigenvalue weighted by atomic mass is 35.5. The van der Waals surface area contributed by atoms with Crippen LogP contribution >= 0.6 is 22.9 Å². The number of halogens is 1. The Labute approximate surface area is 185 Å². The number of hydrogen-bond acceptors (Lipinski definition) is 5. The molecule has 7 heteroatoms. The number of nitrogens with zero attached hydrogens (tertiary/aromatic N) is 2. The van der Waals surface area contributed by atoms with Gasteiger partial charge in [0.05, 0.1) is 24.3 Å². The number of carbonyl (C=O) groups is 1. The number of amides is 1. The molecule has 1 fully saturated rings. The lowest BCUT2D eigenvalue weighted by Crippen LogP contribution is -2.43. The maximum absolute atomic E-state index is 12.8. The summed E-state index contributed by atoms with van der Waals surface area (Å²) < 4.78 is 5.49. The Morgan fingerprint density at radius 3 is 2.60 bits per heavy atom. The average Bonchev–Trinajstić information content (AvgIpc) is 3.25. The predicted molar refractivity (Wildman–Crippen MR) is 120 cm³/mol. The molecule has 0 bridgehead atoms. The van der Waals surface area contributed by atoms with Crippen LogP contribution in [0.5, 0.6) is 0 Å². The van der Waals surface area contributed by atoms with E-state index in [4.69, 9.17) is 16.3 Å². The lowest BCUT2D eigenvalue weighted by Gasteiger charge is -2.34. The van der Waals surface area contributed by atoms with E-state index in [1.54, 1.807) is 0 Å². The van der Waals surface area contributed by atoms with Gasteiger partial charge in [-0.05, 0) is 23.3 Å². The molecule has 1 aliphatic heterocycles. The van der Waals surface area contributed by atoms with Crippen LogP contribution in [-0.4, -0.2) is 48.6 Å². The molecule has 0 aliphatic carbocycles. The van der Waals surface area contributed by atoms with Gasteiger partial charge in [-0.1, -0.05) is 54.1 Å². The van der Waals surface area contributed by atoms with E-state index in [9.17, 15) is 4.79 Å². The zero-order chi connectivity index (χ0) is 20.8. The normalized spacial score (nSPS) is 15.6. The molecule has 1 N–H and O–H groups in total. The third-order valence-corrected chi connectivity index (χ3v) is 6.28. The summed E-state index contributed by atoms with van der Waals surface area (Å²) in [5, 5.41) is 6.55. The van der Waals surface area contributed by atoms with Crippen molar-refractivity contribution < 1.29 is 9.53 Å². The minimum Gasteiger partial charge on any atom is -0.379 e. The van der Waals surface area contributed by atoms with E-state index < -0.39 is 0 Å². The Hall–Kier alpha value is -2.25. The monoisotopic (exact) mass is 441 g/mol. The summed E-state index contributed by atoms with van der Waals surface area (Å²) in [5.41, 5.74) is 2.79. The van der Waals surface area contributed by atoms with Gasteiger partial charge in [-0.3, -0.25) is 9.69 Å². The van der Waals surface area contributed by atoms with Gasteiger partial charge in [0.15, 0.2) is 0 Å². The van der Waals surface area contributed by atoms with Gasteiger partial charge in [-0.25, -0.2) is 4.98 Å². The third kappa shape index (κ3) is 5.46. The lowest BCUT2D eigenvalue weighted by molar-refractivity contribution is 0.0162. The Morgan fingerprint density at radius 1 is 1.13 bits per heavy atom. The molecule has 1 aromatic heterocycles. The van der Waals surface area contributed by atoms with Crippen molar-refractivity contribution in [3.63, 3.8) is 0 Å². The number of morpholine rings is 1. The van der Waals surface area contributed by atoms with Crippen molar-refractivity contribution in [1.82, 2.24) is 15.2 Å². The van der Waals surface area contributed by atoms with Gasteiger partial charge < -0.3 is 10.1 Å². The van der Waals surface area contributed by atoms with E-state index in [0.717, 1.165) is 30.1 Å². The quantitative estimate of drug-likeness (QED) is 0.597. The molecule has 0 radical (unpaired) electrons. The molecule has 5 nitrogen and oxygen atoms in total. The number of benzene rings is 2. The summed E-state index contributed by atoms with van der Waals surface area (Å²) >= 11 is 7.58. The van der Waals surface area contributed by atoms with Gasteiger partial charge >= 0.3 is 0 Å². The zero-order valence-corrected chi connectivity index (χ0v) is 18.2. The number of hydrogen-bond donors (Lipinski definition) is 1. The average molecular weight is 442 g/mol. The highest BCUT2D eigenvalue weighted by Gasteiger charge is 2.24. The lowest BCUT2D eigenvalue weighted by atomic mass is 10.0. The van der Waals surface area contributed by atoms with Crippen molar-refractivity contribution in [3.8, 4) is 0 Å². The molecular formula is C23H24ClN3O2S. The molecule has 1 amide bonds. The maximum atomic E-state index is 12.8. The summed E-state index contributed by atoms with van der Waals surface area (Å²) in [5.74, 6) is -0.141. The largest absolute Gasteiger partial charge is 0.379 e. The van der Waals surface area contributed by atoms with E-state index in [1.807, 2.05) is 47.8 Å². The van der Waals surface area contributed by atoms with Gasteiger partial charge in [0.2, 0.25) is 0 Å². The first-order valence-corrected chi connectivity index (χ1v) is 11.3. The summed E-state index contributed by atoms with van der Waals surface area (Å²) in [6.07, 6.45) is 0.736. The highest BCUT2D eigenvalue weighted by molar-refractivity contribution is 7.09. The minimum absolute atomic E-state index is 0.0672. The van der Waals surface area contributed by atoms with Crippen LogP contribution in [0.4, 0.5) is 0 Å². The SMILES string of the molecule is O=C(NCC(c1ccc(Cl)cc1)N1CCOCC1)c1csc(Cc2ccccc2)n1. The number of nitrogens with one attached hydrogen (secondary N) is 1. The molecular weight excluding hydrogens is 418 g/mol. The molecule has 1 unspecified atom stereocenters. The Balaban J connectivity index is 1.41. The minimum atomic E-state index is -0.141. The molecule has 2 heterocycles. The first-order chi connectivity index (χ1) is 14.7. The molecule has 2 aromatic carbocycles. The van der Waals surface area contributed by atoms with Gasteiger partial charge in [0, 0.05) is 36.5 Å². The van der Waals surface area contributed by atoms with Crippen LogP contribution in [0.3, 0.4) is 0 Å². The maximum Gasteiger partial charge on any atom is 0.270 e. The van der Waals surface area contributed by atoms with Crippen molar-refractivity contribution in [2.45, 2.75) is 12.5 Å². The topological polar surface area (TPSA) is 54.5 Å². The molecule has 0 spiro atoms. The van der Waals surface area contributed by atoms with Crippen LogP contribution in [0.1, 0.15) is 32.7 Å². The third-order valence-electron chi connectivity index (χ3n) is 5.18. The number of aromatic nitrogens is 1. The van der Waals surface area contributed by atoms with E-state index in [2.05, 4.69) is 27.3 Å². The van der Waals surface area contributed by atoms with Crippen LogP contribution in [-0.2, 0) is 11.2 Å². The number of thiazole rings is 1. The van der Waals surface area contributed by atoms with Gasteiger partial charge in [0.1, 0.15) is 5.69 Å². The fourth-order valence-corrected chi connectivity index (χ4v) is 4.51. The molecule has 1 atom stereocenters. The molecule has 1 saturated heterocycles. The fourth-order valence-electron chi connectivity index (χ4n) is 3.58. The molecule has 30 heavy (non-hydrogen) atoms. The zero-order valence-electron chi connectivity index (χ0n) is 16.6. The molecule has 3 aromatic rings. The fraction of sp³-hybridized carbons (Fsp3) is 0.304. The van der Waals surface area contributed by atoms with Crippen molar-refractivity contribution in [1.29, 1.82) is 0 Å². The Kier molecular flexibility index (Phi) is 7.12. The van der Waals surface area contributed by atoms with Crippen LogP contribution < -0.4 is 5.32 Å². The van der Waals surface area contributed by atoms with Gasteiger partial charge in [-0.15, -0.1) is 11.3 Å². The first-order valence-electron chi connectivity index (χ1n) is 10.0. The Morgan fingerprint density at radius 2 is 1.87 bits per heavy atom. The second-order valence-corrected chi connectivity index (χ2v) is 8.59. The van der Waals surface area contributed by atoms with Gasteiger partial charge in [0.25, 0.3) is 5.91 Å². The van der Waals surface area contributed by atoms with Crippen LogP contribution in [0.15, 0.2) is 60.0 Å². The summed E-state index contributed by atoms with van der Waals surface area (Å²) in [4.78, 5) is 19.6. The second-order valence-electron chi connectivity index (χ2n) is 7.21. The smallest absolute Gasteiger partial charge is 0.270 e. The number of rotatable bonds is 7. The van der Waals surface area contributed by atoms with E-state index in [-0.39, 0.29) is 11.9 Å². The predicted octanol–water partition coefficient (Wildman–Crippen LogP) is 4.19. The number of carbonyl (C=O) groups excluding carboxylic acids is 1. The standard InChI is InChI=1S/C23H24ClN3O2S/c24-19-8-6-18(7-9-19)21(27-10-12-29-13-11-27)15-25-23(28)20-16-30-22(26-20)14-17-4-2-1-3-5-17/h1-9,16,21H,10-15H2,(H,25,28). The summed E-state index contributed by atoms with van der Waals surface area (Å²) in [6, 6.07) is 18.1. The van der Waals surface area contributed by atoms with E-state index >= 15 is 0 Å². The molecule has 1 aliphatic rings. The number of ether oxygens (including phenoxy) is 1. The van der Waals surface area contributed by atoms with Crippen LogP contribution in [0.2, 0.25) is 5.02 Å². The Bertz CT molecular complexity index is 956. The van der Waals surface area contributed by atoms with Crippen molar-refractivity contribution in [2.75, 3.05) is 32.8 Å². The molecule has 4 rings (SSSR count). The van der Waals surface area contributed by atoms with E-state index in [0.29, 0.717) is 30.5 Å². The second kappa shape index (κ2) is 10.2. The first kappa shape index (κ1) is 21.0. The van der Waals surface area contributed by atoms with Crippen molar-refractivity contribution in [2.24, 2.45) is 0 Å². The van der Waals surface area contributed by atoms with Crippen molar-refractivity contribution >= 4 is 28.8 Å². The summed E-state index contributed by atoms with van der Waals surface area (Å²) in [6.45, 7) is 3.58. The van der Waals surface area contributed by atoms with Crippen LogP contribution in [0.25, 0.3) is 0 Å². The summed E-state index contributed by atoms with van der Waals surface area (Å²) in [7, 11) is 0. The van der Waals surface area contributed by atoms with Gasteiger partial charge in [-0.2, -0.15) is 0 Å². The van der Waals surface area contributed by atoms with Crippen molar-refractivity contribution in [3.05, 3.63) is 86.8 Å². The molecule has 156 valence electrons. The molecule has 0 saturated carbocycles. The highest BCUT2D eigenvalue weighted by Crippen LogP contribution is 2.23.